The molecule has 0 radical (unpaired) electrons. The third-order valence-corrected chi connectivity index (χ3v) is 4.77. The molecule has 2 bridgehead atoms. The highest BCUT2D eigenvalue weighted by molar-refractivity contribution is 5.70. The number of carbonyl (C=O) groups is 1. The van der Waals surface area contributed by atoms with Crippen LogP contribution in [0.4, 0.5) is 4.79 Å². The molecule has 0 aliphatic carbocycles. The highest BCUT2D eigenvalue weighted by atomic mass is 16.6. The van der Waals surface area contributed by atoms with E-state index in [1.54, 1.807) is 0 Å². The van der Waals surface area contributed by atoms with Crippen molar-refractivity contribution >= 4 is 6.09 Å². The zero-order chi connectivity index (χ0) is 15.7. The fraction of sp³-hybridized carbons (Fsp3) is 0.526. The van der Waals surface area contributed by atoms with Crippen molar-refractivity contribution in [1.29, 1.82) is 0 Å². The predicted octanol–water partition coefficient (Wildman–Crippen LogP) is 4.53. The van der Waals surface area contributed by atoms with Crippen molar-refractivity contribution in [3.8, 4) is 0 Å². The van der Waals surface area contributed by atoms with Gasteiger partial charge in [0.1, 0.15) is 6.61 Å². The number of nitrogens with zero attached hydrogens (tertiary/aromatic N) is 1. The minimum Gasteiger partial charge on any atom is -0.445 e. The first kappa shape index (κ1) is 15.1. The number of hydrogen-bond acceptors (Lipinski definition) is 2. The molecule has 22 heavy (non-hydrogen) atoms. The van der Waals surface area contributed by atoms with Gasteiger partial charge in [-0.1, -0.05) is 62.8 Å². The molecule has 3 heteroatoms. The monoisotopic (exact) mass is 299 g/mol. The van der Waals surface area contributed by atoms with Crippen LogP contribution in [0.25, 0.3) is 0 Å². The van der Waals surface area contributed by atoms with Crippen molar-refractivity contribution in [1.82, 2.24) is 4.90 Å². The Labute approximate surface area is 133 Å². The van der Waals surface area contributed by atoms with Gasteiger partial charge in [-0.2, -0.15) is 0 Å². The number of hydrogen-bond donors (Lipinski definition) is 0. The average molecular weight is 299 g/mol. The van der Waals surface area contributed by atoms with Crippen LogP contribution in [0, 0.1) is 5.41 Å². The standard InChI is InChI=1S/C19H25NO2/c1-19(2,3)15-11-16-9-10-17(12-15)20(16)18(21)22-13-14-7-5-4-6-8-14/h4-8,11,16-17H,9-10,12-13H2,1-3H3. The van der Waals surface area contributed by atoms with Crippen molar-refractivity contribution in [3.63, 3.8) is 0 Å². The van der Waals surface area contributed by atoms with Gasteiger partial charge in [0.2, 0.25) is 0 Å². The van der Waals surface area contributed by atoms with Gasteiger partial charge in [0, 0.05) is 6.04 Å². The van der Waals surface area contributed by atoms with E-state index in [0.29, 0.717) is 12.6 Å². The molecule has 2 unspecified atom stereocenters. The van der Waals surface area contributed by atoms with Crippen LogP contribution in [0.15, 0.2) is 42.0 Å². The first-order chi connectivity index (χ1) is 10.4. The molecule has 0 spiro atoms. The van der Waals surface area contributed by atoms with E-state index in [4.69, 9.17) is 4.74 Å². The van der Waals surface area contributed by atoms with E-state index in [9.17, 15) is 4.79 Å². The van der Waals surface area contributed by atoms with Crippen LogP contribution in [0.1, 0.15) is 45.6 Å². The van der Waals surface area contributed by atoms with Crippen molar-refractivity contribution in [3.05, 3.63) is 47.5 Å². The quantitative estimate of drug-likeness (QED) is 0.751. The van der Waals surface area contributed by atoms with Crippen LogP contribution >= 0.6 is 0 Å². The van der Waals surface area contributed by atoms with Gasteiger partial charge in [-0.15, -0.1) is 0 Å². The smallest absolute Gasteiger partial charge is 0.410 e. The first-order valence-electron chi connectivity index (χ1n) is 8.15. The molecule has 0 N–H and O–H groups in total. The summed E-state index contributed by atoms with van der Waals surface area (Å²) in [6.07, 6.45) is 5.26. The van der Waals surface area contributed by atoms with Gasteiger partial charge in [-0.25, -0.2) is 4.79 Å². The summed E-state index contributed by atoms with van der Waals surface area (Å²) in [6.45, 7) is 7.11. The van der Waals surface area contributed by atoms with Gasteiger partial charge < -0.3 is 4.74 Å². The van der Waals surface area contributed by atoms with Gasteiger partial charge in [0.15, 0.2) is 0 Å². The van der Waals surface area contributed by atoms with E-state index in [2.05, 4.69) is 26.8 Å². The molecular weight excluding hydrogens is 274 g/mol. The maximum atomic E-state index is 12.5. The fourth-order valence-corrected chi connectivity index (χ4v) is 3.46. The number of benzene rings is 1. The topological polar surface area (TPSA) is 29.5 Å². The average Bonchev–Trinajstić information content (AvgIpc) is 2.74. The first-order valence-corrected chi connectivity index (χ1v) is 8.15. The summed E-state index contributed by atoms with van der Waals surface area (Å²) in [5.41, 5.74) is 2.71. The molecule has 1 amide bonds. The predicted molar refractivity (Wildman–Crippen MR) is 87.4 cm³/mol. The molecule has 2 aliphatic heterocycles. The molecule has 1 aromatic rings. The lowest BCUT2D eigenvalue weighted by atomic mass is 9.81. The van der Waals surface area contributed by atoms with Crippen LogP contribution in [0.3, 0.4) is 0 Å². The number of ether oxygens (including phenoxy) is 1. The molecule has 0 saturated carbocycles. The normalized spacial score (nSPS) is 24.1. The molecule has 118 valence electrons. The zero-order valence-corrected chi connectivity index (χ0v) is 13.7. The van der Waals surface area contributed by atoms with E-state index >= 15 is 0 Å². The van der Waals surface area contributed by atoms with E-state index < -0.39 is 0 Å². The van der Waals surface area contributed by atoms with Gasteiger partial charge in [0.05, 0.1) is 6.04 Å². The van der Waals surface area contributed by atoms with Gasteiger partial charge in [-0.3, -0.25) is 4.90 Å². The van der Waals surface area contributed by atoms with E-state index in [1.165, 1.54) is 5.57 Å². The molecule has 2 heterocycles. The van der Waals surface area contributed by atoms with Crippen molar-refractivity contribution in [2.24, 2.45) is 5.41 Å². The Morgan fingerprint density at radius 2 is 1.95 bits per heavy atom. The Kier molecular flexibility index (Phi) is 3.98. The van der Waals surface area contributed by atoms with Crippen LogP contribution in [0.2, 0.25) is 0 Å². The second kappa shape index (κ2) is 5.79. The minimum atomic E-state index is -0.166. The second-order valence-corrected chi connectivity index (χ2v) is 7.39. The Balaban J connectivity index is 1.66. The summed E-state index contributed by atoms with van der Waals surface area (Å²) in [4.78, 5) is 14.4. The fourth-order valence-electron chi connectivity index (χ4n) is 3.46. The molecular formula is C19H25NO2. The van der Waals surface area contributed by atoms with E-state index in [1.807, 2.05) is 35.2 Å². The Morgan fingerprint density at radius 3 is 2.59 bits per heavy atom. The van der Waals surface area contributed by atoms with Crippen molar-refractivity contribution < 1.29 is 9.53 Å². The maximum Gasteiger partial charge on any atom is 0.410 e. The SMILES string of the molecule is CC(C)(C)C1=CC2CCC(C1)N2C(=O)OCc1ccccc1. The van der Waals surface area contributed by atoms with Gasteiger partial charge in [-0.05, 0) is 30.2 Å². The van der Waals surface area contributed by atoms with Crippen LogP contribution < -0.4 is 0 Å². The van der Waals surface area contributed by atoms with Crippen molar-refractivity contribution in [2.75, 3.05) is 0 Å². The molecule has 1 aromatic carbocycles. The molecule has 3 rings (SSSR count). The summed E-state index contributed by atoms with van der Waals surface area (Å²) in [6, 6.07) is 10.4. The third-order valence-electron chi connectivity index (χ3n) is 4.77. The lowest BCUT2D eigenvalue weighted by Crippen LogP contribution is -2.44. The summed E-state index contributed by atoms with van der Waals surface area (Å²) >= 11 is 0. The minimum absolute atomic E-state index is 0.166. The Morgan fingerprint density at radius 1 is 1.23 bits per heavy atom. The largest absolute Gasteiger partial charge is 0.445 e. The maximum absolute atomic E-state index is 12.5. The summed E-state index contributed by atoms with van der Waals surface area (Å²) in [7, 11) is 0. The van der Waals surface area contributed by atoms with E-state index in [-0.39, 0.29) is 17.6 Å². The molecule has 2 atom stereocenters. The summed E-state index contributed by atoms with van der Waals surface area (Å²) in [5.74, 6) is 0. The van der Waals surface area contributed by atoms with Gasteiger partial charge >= 0.3 is 6.09 Å². The highest BCUT2D eigenvalue weighted by Gasteiger charge is 2.42. The lowest BCUT2D eigenvalue weighted by molar-refractivity contribution is 0.0802. The molecule has 2 aliphatic rings. The van der Waals surface area contributed by atoms with E-state index in [0.717, 1.165) is 24.8 Å². The third kappa shape index (κ3) is 3.03. The molecule has 1 fully saturated rings. The second-order valence-electron chi connectivity index (χ2n) is 7.39. The van der Waals surface area contributed by atoms with Crippen molar-refractivity contribution in [2.45, 2.75) is 58.7 Å². The Hall–Kier alpha value is -1.77. The molecule has 0 aromatic heterocycles. The Bertz CT molecular complexity index is 571. The number of rotatable bonds is 2. The molecule has 3 nitrogen and oxygen atoms in total. The van der Waals surface area contributed by atoms with Crippen LogP contribution in [-0.4, -0.2) is 23.1 Å². The van der Waals surface area contributed by atoms with Crippen LogP contribution in [-0.2, 0) is 11.3 Å². The zero-order valence-electron chi connectivity index (χ0n) is 13.7. The number of carbonyl (C=O) groups excluding carboxylic acids is 1. The lowest BCUT2D eigenvalue weighted by Gasteiger charge is -2.37. The van der Waals surface area contributed by atoms with Gasteiger partial charge in [0.25, 0.3) is 0 Å². The number of amides is 1. The van der Waals surface area contributed by atoms with Crippen LogP contribution in [0.5, 0.6) is 0 Å². The number of fused-ring (bicyclic) bond motifs is 2. The highest BCUT2D eigenvalue weighted by Crippen LogP contribution is 2.41. The summed E-state index contributed by atoms with van der Waals surface area (Å²) in [5, 5.41) is 0. The molecule has 1 saturated heterocycles. The summed E-state index contributed by atoms with van der Waals surface area (Å²) < 4.78 is 5.53.